The zero-order valence-corrected chi connectivity index (χ0v) is 7.64. The molecule has 0 saturated carbocycles. The molecule has 0 spiro atoms. The molecule has 3 nitrogen and oxygen atoms in total. The molecule has 0 saturated heterocycles. The molecule has 1 aromatic carbocycles. The van der Waals surface area contributed by atoms with E-state index in [9.17, 15) is 13.2 Å². The first kappa shape index (κ1) is 9.82. The quantitative estimate of drug-likeness (QED) is 0.793. The normalized spacial score (nSPS) is 12.0. The lowest BCUT2D eigenvalue weighted by atomic mass is 10.3. The number of nitrogens with one attached hydrogen (secondary N) is 1. The average Bonchev–Trinajstić information content (AvgIpc) is 2.59. The number of fused-ring (bicyclic) bond motifs is 1. The topological polar surface area (TPSA) is 37.9 Å². The SMILES string of the molecule is COc1cc[c]c2[nH]c(C(F)(F)F)nc12. The van der Waals surface area contributed by atoms with Gasteiger partial charge in [0.05, 0.1) is 12.6 Å². The lowest BCUT2D eigenvalue weighted by Gasteiger charge is -1.99. The van der Waals surface area contributed by atoms with Crippen LogP contribution in [0.15, 0.2) is 12.1 Å². The summed E-state index contributed by atoms with van der Waals surface area (Å²) in [7, 11) is 1.37. The molecular weight excluding hydrogens is 209 g/mol. The van der Waals surface area contributed by atoms with Crippen molar-refractivity contribution in [3.63, 3.8) is 0 Å². The van der Waals surface area contributed by atoms with E-state index in [1.165, 1.54) is 19.2 Å². The lowest BCUT2D eigenvalue weighted by molar-refractivity contribution is -0.144. The fourth-order valence-electron chi connectivity index (χ4n) is 1.23. The minimum atomic E-state index is -4.49. The zero-order valence-electron chi connectivity index (χ0n) is 7.64. The maximum atomic E-state index is 12.3. The van der Waals surface area contributed by atoms with Gasteiger partial charge in [-0.1, -0.05) is 0 Å². The van der Waals surface area contributed by atoms with E-state index < -0.39 is 12.0 Å². The fraction of sp³-hybridized carbons (Fsp3) is 0.222. The number of imidazole rings is 1. The number of alkyl halides is 3. The van der Waals surface area contributed by atoms with E-state index in [-0.39, 0.29) is 16.8 Å². The van der Waals surface area contributed by atoms with Gasteiger partial charge >= 0.3 is 6.18 Å². The first-order valence-corrected chi connectivity index (χ1v) is 4.04. The van der Waals surface area contributed by atoms with Crippen LogP contribution in [-0.2, 0) is 6.18 Å². The second kappa shape index (κ2) is 3.15. The van der Waals surface area contributed by atoms with Crippen LogP contribution in [0.5, 0.6) is 5.75 Å². The number of ether oxygens (including phenoxy) is 1. The summed E-state index contributed by atoms with van der Waals surface area (Å²) in [6, 6.07) is 5.59. The van der Waals surface area contributed by atoms with Crippen LogP contribution in [0.2, 0.25) is 0 Å². The summed E-state index contributed by atoms with van der Waals surface area (Å²) in [4.78, 5) is 5.56. The molecule has 0 amide bonds. The Bertz CT molecular complexity index is 490. The highest BCUT2D eigenvalue weighted by Gasteiger charge is 2.35. The number of halogens is 3. The molecule has 0 aliphatic rings. The Balaban J connectivity index is 2.65. The van der Waals surface area contributed by atoms with Crippen molar-refractivity contribution in [1.82, 2.24) is 9.97 Å². The number of hydrogen-bond donors (Lipinski definition) is 1. The van der Waals surface area contributed by atoms with Gasteiger partial charge in [0.1, 0.15) is 11.3 Å². The van der Waals surface area contributed by atoms with Gasteiger partial charge in [-0.15, -0.1) is 0 Å². The molecule has 0 unspecified atom stereocenters. The molecule has 0 aliphatic carbocycles. The van der Waals surface area contributed by atoms with Crippen molar-refractivity contribution in [1.29, 1.82) is 0 Å². The Morgan fingerprint density at radius 3 is 2.80 bits per heavy atom. The molecule has 1 N–H and O–H groups in total. The highest BCUT2D eigenvalue weighted by molar-refractivity contribution is 5.81. The third-order valence-electron chi connectivity index (χ3n) is 1.89. The van der Waals surface area contributed by atoms with Crippen molar-refractivity contribution in [2.45, 2.75) is 6.18 Å². The van der Waals surface area contributed by atoms with Crippen LogP contribution in [-0.4, -0.2) is 17.1 Å². The third-order valence-corrected chi connectivity index (χ3v) is 1.89. The van der Waals surface area contributed by atoms with Crippen LogP contribution in [0.4, 0.5) is 13.2 Å². The van der Waals surface area contributed by atoms with E-state index in [0.29, 0.717) is 0 Å². The van der Waals surface area contributed by atoms with Gasteiger partial charge < -0.3 is 9.72 Å². The van der Waals surface area contributed by atoms with E-state index in [4.69, 9.17) is 4.74 Å². The molecule has 1 heterocycles. The third kappa shape index (κ3) is 1.62. The molecule has 1 radical (unpaired) electrons. The summed E-state index contributed by atoms with van der Waals surface area (Å²) in [6.07, 6.45) is -4.49. The first-order chi connectivity index (χ1) is 7.02. The standard InChI is InChI=1S/C9H6F3N2O/c1-15-6-4-2-3-5-7(6)14-8(13-5)9(10,11)12/h2,4H,1H3,(H,13,14). The van der Waals surface area contributed by atoms with E-state index >= 15 is 0 Å². The Kier molecular flexibility index (Phi) is 2.06. The first-order valence-electron chi connectivity index (χ1n) is 4.04. The summed E-state index contributed by atoms with van der Waals surface area (Å²) in [5, 5.41) is 0. The van der Waals surface area contributed by atoms with Crippen LogP contribution in [0, 0.1) is 6.07 Å². The van der Waals surface area contributed by atoms with Gasteiger partial charge in [-0.3, -0.25) is 0 Å². The van der Waals surface area contributed by atoms with Crippen molar-refractivity contribution in [3.8, 4) is 5.75 Å². The lowest BCUT2D eigenvalue weighted by Crippen LogP contribution is -2.06. The number of nitrogens with zero attached hydrogens (tertiary/aromatic N) is 1. The number of rotatable bonds is 1. The highest BCUT2D eigenvalue weighted by Crippen LogP contribution is 2.31. The van der Waals surface area contributed by atoms with Crippen molar-refractivity contribution >= 4 is 11.0 Å². The van der Waals surface area contributed by atoms with Crippen LogP contribution >= 0.6 is 0 Å². The molecule has 0 fully saturated rings. The molecular formula is C9H6F3N2O. The predicted octanol–water partition coefficient (Wildman–Crippen LogP) is 2.39. The minimum absolute atomic E-state index is 0.132. The number of aromatic nitrogens is 2. The number of aromatic amines is 1. The van der Waals surface area contributed by atoms with Gasteiger partial charge in [-0.05, 0) is 12.1 Å². The summed E-state index contributed by atoms with van der Waals surface area (Å²) in [5.41, 5.74) is 0.314. The second-order valence-corrected chi connectivity index (χ2v) is 2.85. The van der Waals surface area contributed by atoms with Crippen LogP contribution < -0.4 is 4.74 Å². The summed E-state index contributed by atoms with van der Waals surface area (Å²) < 4.78 is 41.8. The Morgan fingerprint density at radius 2 is 2.20 bits per heavy atom. The number of H-pyrrole nitrogens is 1. The minimum Gasteiger partial charge on any atom is -0.494 e. The van der Waals surface area contributed by atoms with Crippen molar-refractivity contribution in [2.24, 2.45) is 0 Å². The largest absolute Gasteiger partial charge is 0.494 e. The Hall–Kier alpha value is -1.72. The zero-order chi connectivity index (χ0) is 11.1. The average molecular weight is 215 g/mol. The molecule has 0 atom stereocenters. The number of hydrogen-bond acceptors (Lipinski definition) is 2. The summed E-state index contributed by atoms with van der Waals surface area (Å²) in [5.74, 6) is -0.756. The Morgan fingerprint density at radius 1 is 1.47 bits per heavy atom. The second-order valence-electron chi connectivity index (χ2n) is 2.85. The maximum absolute atomic E-state index is 12.3. The highest BCUT2D eigenvalue weighted by atomic mass is 19.4. The van der Waals surface area contributed by atoms with E-state index in [1.54, 1.807) is 0 Å². The van der Waals surface area contributed by atoms with Crippen molar-refractivity contribution in [3.05, 3.63) is 24.0 Å². The van der Waals surface area contributed by atoms with Crippen LogP contribution in [0.3, 0.4) is 0 Å². The Labute approximate surface area is 82.9 Å². The van der Waals surface area contributed by atoms with Gasteiger partial charge in [0, 0.05) is 6.07 Å². The van der Waals surface area contributed by atoms with Crippen molar-refractivity contribution in [2.75, 3.05) is 7.11 Å². The van der Waals surface area contributed by atoms with Gasteiger partial charge in [-0.2, -0.15) is 13.2 Å². The fourth-order valence-corrected chi connectivity index (χ4v) is 1.23. The molecule has 79 valence electrons. The van der Waals surface area contributed by atoms with Gasteiger partial charge in [0.25, 0.3) is 0 Å². The van der Waals surface area contributed by atoms with Gasteiger partial charge in [0.15, 0.2) is 0 Å². The molecule has 6 heteroatoms. The van der Waals surface area contributed by atoms with Crippen molar-refractivity contribution < 1.29 is 17.9 Å². The van der Waals surface area contributed by atoms with E-state index in [2.05, 4.69) is 16.0 Å². The smallest absolute Gasteiger partial charge is 0.449 e. The van der Waals surface area contributed by atoms with Crippen LogP contribution in [0.1, 0.15) is 5.82 Å². The molecule has 0 aliphatic heterocycles. The predicted molar refractivity (Wildman–Crippen MR) is 46.5 cm³/mol. The van der Waals surface area contributed by atoms with E-state index in [0.717, 1.165) is 0 Å². The maximum Gasteiger partial charge on any atom is 0.449 e. The number of benzene rings is 1. The molecule has 15 heavy (non-hydrogen) atoms. The monoisotopic (exact) mass is 215 g/mol. The summed E-state index contributed by atoms with van der Waals surface area (Å²) in [6.45, 7) is 0. The molecule has 2 aromatic rings. The molecule has 1 aromatic heterocycles. The number of methoxy groups -OCH3 is 1. The van der Waals surface area contributed by atoms with Crippen LogP contribution in [0.25, 0.3) is 11.0 Å². The molecule has 0 bridgehead atoms. The molecule has 2 rings (SSSR count). The van der Waals surface area contributed by atoms with Gasteiger partial charge in [0.2, 0.25) is 5.82 Å². The summed E-state index contributed by atoms with van der Waals surface area (Å²) >= 11 is 0. The van der Waals surface area contributed by atoms with E-state index in [1.807, 2.05) is 0 Å². The van der Waals surface area contributed by atoms with Gasteiger partial charge in [-0.25, -0.2) is 4.98 Å².